The predicted octanol–water partition coefficient (Wildman–Crippen LogP) is 3.77. The van der Waals surface area contributed by atoms with Crippen LogP contribution >= 0.6 is 11.6 Å². The Morgan fingerprint density at radius 3 is 2.62 bits per heavy atom. The van der Waals surface area contributed by atoms with Crippen molar-refractivity contribution in [1.82, 2.24) is 19.8 Å². The highest BCUT2D eigenvalue weighted by Crippen LogP contribution is 2.24. The first-order valence-corrected chi connectivity index (χ1v) is 7.75. The molecular formula is C17H13ClN6. The van der Waals surface area contributed by atoms with Gasteiger partial charge >= 0.3 is 0 Å². The Kier molecular flexibility index (Phi) is 3.59. The van der Waals surface area contributed by atoms with E-state index in [0.29, 0.717) is 10.8 Å². The van der Waals surface area contributed by atoms with E-state index in [2.05, 4.69) is 25.8 Å². The molecule has 118 valence electrons. The summed E-state index contributed by atoms with van der Waals surface area (Å²) in [6.45, 7) is 1.93. The van der Waals surface area contributed by atoms with E-state index in [1.165, 1.54) is 0 Å². The van der Waals surface area contributed by atoms with Crippen LogP contribution in [0.2, 0.25) is 5.02 Å². The van der Waals surface area contributed by atoms with E-state index in [9.17, 15) is 0 Å². The zero-order valence-electron chi connectivity index (χ0n) is 12.8. The standard InChI is InChI=1S/C17H13ClN6/c1-11(12-6-8-13(18)9-7-12)20-21-16-14-4-2-3-5-15(14)17-22-19-10-24(17)23-16/h2-10H,1H3,(H,21,23)/b20-11+. The largest absolute Gasteiger partial charge is 0.259 e. The second-order valence-corrected chi connectivity index (χ2v) is 5.75. The summed E-state index contributed by atoms with van der Waals surface area (Å²) in [7, 11) is 0. The SMILES string of the molecule is C/C(=N\Nc1nn2cnnc2c2ccccc12)c1ccc(Cl)cc1. The number of benzene rings is 2. The highest BCUT2D eigenvalue weighted by atomic mass is 35.5. The second-order valence-electron chi connectivity index (χ2n) is 5.31. The Balaban J connectivity index is 1.75. The zero-order valence-corrected chi connectivity index (χ0v) is 13.6. The number of rotatable bonds is 3. The van der Waals surface area contributed by atoms with Crippen LogP contribution in [0.15, 0.2) is 60.0 Å². The molecule has 0 saturated carbocycles. The molecule has 4 rings (SSSR count). The maximum Gasteiger partial charge on any atom is 0.185 e. The summed E-state index contributed by atoms with van der Waals surface area (Å²) in [5, 5.41) is 19.6. The van der Waals surface area contributed by atoms with Crippen molar-refractivity contribution in [2.45, 2.75) is 6.92 Å². The first kappa shape index (κ1) is 14.6. The van der Waals surface area contributed by atoms with Gasteiger partial charge in [-0.15, -0.1) is 15.3 Å². The van der Waals surface area contributed by atoms with Crippen LogP contribution in [0.25, 0.3) is 16.4 Å². The van der Waals surface area contributed by atoms with Crippen LogP contribution in [0.4, 0.5) is 5.82 Å². The lowest BCUT2D eigenvalue weighted by Crippen LogP contribution is -2.03. The number of fused-ring (bicyclic) bond motifs is 3. The van der Waals surface area contributed by atoms with E-state index >= 15 is 0 Å². The molecule has 0 aliphatic rings. The van der Waals surface area contributed by atoms with Crippen molar-refractivity contribution in [3.05, 3.63) is 65.4 Å². The van der Waals surface area contributed by atoms with Gasteiger partial charge in [-0.25, -0.2) is 0 Å². The number of hydrazone groups is 1. The maximum atomic E-state index is 5.92. The maximum absolute atomic E-state index is 5.92. The lowest BCUT2D eigenvalue weighted by atomic mass is 10.1. The molecule has 0 atom stereocenters. The van der Waals surface area contributed by atoms with E-state index in [-0.39, 0.29) is 0 Å². The van der Waals surface area contributed by atoms with Crippen LogP contribution in [0.5, 0.6) is 0 Å². The molecule has 0 aliphatic heterocycles. The molecule has 7 heteroatoms. The van der Waals surface area contributed by atoms with Crippen LogP contribution in [0, 0.1) is 0 Å². The fourth-order valence-electron chi connectivity index (χ4n) is 2.50. The summed E-state index contributed by atoms with van der Waals surface area (Å²) in [6.07, 6.45) is 1.57. The van der Waals surface area contributed by atoms with Crippen LogP contribution in [0.1, 0.15) is 12.5 Å². The third-order valence-corrected chi connectivity index (χ3v) is 4.00. The van der Waals surface area contributed by atoms with Crippen LogP contribution < -0.4 is 5.43 Å². The minimum absolute atomic E-state index is 0.645. The van der Waals surface area contributed by atoms with Crippen LogP contribution in [0.3, 0.4) is 0 Å². The minimum Gasteiger partial charge on any atom is -0.259 e. The fraction of sp³-hybridized carbons (Fsp3) is 0.0588. The van der Waals surface area contributed by atoms with Gasteiger partial charge in [-0.1, -0.05) is 48.0 Å². The average Bonchev–Trinajstić information content (AvgIpc) is 3.08. The summed E-state index contributed by atoms with van der Waals surface area (Å²) in [5.41, 5.74) is 5.59. The number of nitrogens with zero attached hydrogens (tertiary/aromatic N) is 5. The predicted molar refractivity (Wildman–Crippen MR) is 95.6 cm³/mol. The van der Waals surface area contributed by atoms with Crippen LogP contribution in [-0.4, -0.2) is 25.5 Å². The molecule has 6 nitrogen and oxygen atoms in total. The van der Waals surface area contributed by atoms with Crippen molar-refractivity contribution in [2.75, 3.05) is 5.43 Å². The van der Waals surface area contributed by atoms with Crippen molar-refractivity contribution in [2.24, 2.45) is 5.10 Å². The van der Waals surface area contributed by atoms with E-state index in [1.807, 2.05) is 55.5 Å². The molecule has 0 unspecified atom stereocenters. The van der Waals surface area contributed by atoms with Crippen molar-refractivity contribution in [3.8, 4) is 0 Å². The number of aromatic nitrogens is 4. The number of halogens is 1. The molecule has 1 N–H and O–H groups in total. The van der Waals surface area contributed by atoms with Gasteiger partial charge in [0.15, 0.2) is 11.5 Å². The number of nitrogens with one attached hydrogen (secondary N) is 1. The van der Waals surface area contributed by atoms with E-state index in [4.69, 9.17) is 11.6 Å². The molecule has 24 heavy (non-hydrogen) atoms. The summed E-state index contributed by atoms with van der Waals surface area (Å²) in [6, 6.07) is 15.4. The van der Waals surface area contributed by atoms with E-state index in [0.717, 1.165) is 27.7 Å². The quantitative estimate of drug-likeness (QED) is 0.457. The number of hydrogen-bond acceptors (Lipinski definition) is 5. The molecule has 0 amide bonds. The molecule has 0 radical (unpaired) electrons. The van der Waals surface area contributed by atoms with Gasteiger partial charge in [-0.3, -0.25) is 5.43 Å². The molecule has 2 heterocycles. The molecular weight excluding hydrogens is 324 g/mol. The Morgan fingerprint density at radius 1 is 1.08 bits per heavy atom. The van der Waals surface area contributed by atoms with Crippen LogP contribution in [-0.2, 0) is 0 Å². The zero-order chi connectivity index (χ0) is 16.5. The molecule has 0 spiro atoms. The summed E-state index contributed by atoms with van der Waals surface area (Å²) >= 11 is 5.92. The molecule has 2 aromatic heterocycles. The van der Waals surface area contributed by atoms with Gasteiger partial charge in [0.2, 0.25) is 0 Å². The summed E-state index contributed by atoms with van der Waals surface area (Å²) in [5.74, 6) is 0.645. The van der Waals surface area contributed by atoms with Gasteiger partial charge in [0, 0.05) is 15.8 Å². The highest BCUT2D eigenvalue weighted by molar-refractivity contribution is 6.30. The minimum atomic E-state index is 0.645. The summed E-state index contributed by atoms with van der Waals surface area (Å²) < 4.78 is 1.64. The average molecular weight is 337 g/mol. The molecule has 4 aromatic rings. The van der Waals surface area contributed by atoms with Gasteiger partial charge in [-0.2, -0.15) is 9.62 Å². The van der Waals surface area contributed by atoms with Crippen molar-refractivity contribution < 1.29 is 0 Å². The number of hydrogen-bond donors (Lipinski definition) is 1. The summed E-state index contributed by atoms with van der Waals surface area (Å²) in [4.78, 5) is 0. The smallest absolute Gasteiger partial charge is 0.185 e. The van der Waals surface area contributed by atoms with E-state index in [1.54, 1.807) is 10.8 Å². The molecule has 2 aromatic carbocycles. The van der Waals surface area contributed by atoms with Crippen molar-refractivity contribution in [1.29, 1.82) is 0 Å². The van der Waals surface area contributed by atoms with Gasteiger partial charge in [-0.05, 0) is 24.6 Å². The topological polar surface area (TPSA) is 67.5 Å². The Hall–Kier alpha value is -2.99. The van der Waals surface area contributed by atoms with E-state index < -0.39 is 0 Å². The van der Waals surface area contributed by atoms with Crippen molar-refractivity contribution in [3.63, 3.8) is 0 Å². The Morgan fingerprint density at radius 2 is 1.83 bits per heavy atom. The lowest BCUT2D eigenvalue weighted by molar-refractivity contribution is 0.934. The normalized spacial score (nSPS) is 12.0. The first-order chi connectivity index (χ1) is 11.7. The third-order valence-electron chi connectivity index (χ3n) is 3.75. The van der Waals surface area contributed by atoms with Gasteiger partial charge in [0.05, 0.1) is 5.71 Å². The first-order valence-electron chi connectivity index (χ1n) is 7.37. The molecule has 0 fully saturated rings. The fourth-order valence-corrected chi connectivity index (χ4v) is 2.63. The third kappa shape index (κ3) is 2.57. The molecule has 0 saturated heterocycles. The number of anilines is 1. The van der Waals surface area contributed by atoms with Gasteiger partial charge in [0.25, 0.3) is 0 Å². The molecule has 0 bridgehead atoms. The van der Waals surface area contributed by atoms with Crippen molar-refractivity contribution >= 4 is 39.6 Å². The lowest BCUT2D eigenvalue weighted by Gasteiger charge is -2.07. The van der Waals surface area contributed by atoms with Gasteiger partial charge in [0.1, 0.15) is 6.33 Å². The second kappa shape index (κ2) is 5.90. The Labute approximate surface area is 142 Å². The Bertz CT molecular complexity index is 1050. The highest BCUT2D eigenvalue weighted by Gasteiger charge is 2.09. The monoisotopic (exact) mass is 336 g/mol. The van der Waals surface area contributed by atoms with Gasteiger partial charge < -0.3 is 0 Å². The molecule has 0 aliphatic carbocycles.